The number of amides is 2. The fourth-order valence-corrected chi connectivity index (χ4v) is 2.90. The second-order valence-corrected chi connectivity index (χ2v) is 7.88. The number of hydrogen-bond donors (Lipinski definition) is 1. The average Bonchev–Trinajstić information content (AvgIpc) is 2.70. The molecule has 0 saturated heterocycles. The summed E-state index contributed by atoms with van der Waals surface area (Å²) in [6, 6.07) is 15.0. The first-order chi connectivity index (χ1) is 13.8. The molecule has 0 spiro atoms. The summed E-state index contributed by atoms with van der Waals surface area (Å²) in [4.78, 5) is 27.2. The van der Waals surface area contributed by atoms with Crippen LogP contribution in [0, 0.1) is 19.8 Å². The summed E-state index contributed by atoms with van der Waals surface area (Å²) in [6.45, 7) is 10.6. The quantitative estimate of drug-likeness (QED) is 0.700. The van der Waals surface area contributed by atoms with Crippen molar-refractivity contribution in [3.8, 4) is 5.75 Å². The fourth-order valence-electron chi connectivity index (χ4n) is 2.90. The molecule has 0 bridgehead atoms. The SMILES string of the molecule is Cc1ccc(C)c(OCC(=O)N(Cc2ccccc2)[C@H](C)C(=O)NCC(C)C)c1. The van der Waals surface area contributed by atoms with Crippen molar-refractivity contribution in [1.29, 1.82) is 0 Å². The van der Waals surface area contributed by atoms with Crippen LogP contribution in [0.1, 0.15) is 37.5 Å². The minimum Gasteiger partial charge on any atom is -0.483 e. The standard InChI is InChI=1S/C24H32N2O3/c1-17(2)14-25-24(28)20(5)26(15-21-9-7-6-8-10-21)23(27)16-29-22-13-18(3)11-12-19(22)4/h6-13,17,20H,14-16H2,1-5H3,(H,25,28)/t20-/m1/s1. The molecular weight excluding hydrogens is 364 g/mol. The highest BCUT2D eigenvalue weighted by Crippen LogP contribution is 2.19. The summed E-state index contributed by atoms with van der Waals surface area (Å²) in [5.41, 5.74) is 3.01. The summed E-state index contributed by atoms with van der Waals surface area (Å²) >= 11 is 0. The molecule has 2 amide bonds. The Morgan fingerprint density at radius 2 is 1.72 bits per heavy atom. The molecule has 0 aromatic heterocycles. The Morgan fingerprint density at radius 1 is 1.03 bits per heavy atom. The van der Waals surface area contributed by atoms with Gasteiger partial charge in [-0.15, -0.1) is 0 Å². The molecule has 2 rings (SSSR count). The Hall–Kier alpha value is -2.82. The van der Waals surface area contributed by atoms with Gasteiger partial charge in [0.25, 0.3) is 5.91 Å². The van der Waals surface area contributed by atoms with Crippen LogP contribution in [0.3, 0.4) is 0 Å². The van der Waals surface area contributed by atoms with Crippen molar-refractivity contribution in [3.63, 3.8) is 0 Å². The van der Waals surface area contributed by atoms with Crippen molar-refractivity contribution in [1.82, 2.24) is 10.2 Å². The third kappa shape index (κ3) is 6.93. The summed E-state index contributed by atoms with van der Waals surface area (Å²) in [5.74, 6) is 0.656. The van der Waals surface area contributed by atoms with Gasteiger partial charge in [-0.2, -0.15) is 0 Å². The van der Waals surface area contributed by atoms with Gasteiger partial charge in [-0.3, -0.25) is 9.59 Å². The van der Waals surface area contributed by atoms with Crippen molar-refractivity contribution in [2.75, 3.05) is 13.2 Å². The third-order valence-electron chi connectivity index (χ3n) is 4.74. The Balaban J connectivity index is 2.13. The number of nitrogens with one attached hydrogen (secondary N) is 1. The van der Waals surface area contributed by atoms with Crippen LogP contribution in [-0.4, -0.2) is 35.9 Å². The molecule has 0 aliphatic carbocycles. The van der Waals surface area contributed by atoms with Gasteiger partial charge in [-0.05, 0) is 49.4 Å². The molecule has 0 aliphatic heterocycles. The van der Waals surface area contributed by atoms with E-state index in [0.29, 0.717) is 24.8 Å². The highest BCUT2D eigenvalue weighted by atomic mass is 16.5. The van der Waals surface area contributed by atoms with Gasteiger partial charge in [0.05, 0.1) is 0 Å². The topological polar surface area (TPSA) is 58.6 Å². The molecule has 0 radical (unpaired) electrons. The molecule has 29 heavy (non-hydrogen) atoms. The summed E-state index contributed by atoms with van der Waals surface area (Å²) < 4.78 is 5.80. The molecule has 1 N–H and O–H groups in total. The first-order valence-corrected chi connectivity index (χ1v) is 10.1. The number of rotatable bonds is 9. The molecule has 1 atom stereocenters. The lowest BCUT2D eigenvalue weighted by atomic mass is 10.1. The number of benzene rings is 2. The molecule has 0 saturated carbocycles. The van der Waals surface area contributed by atoms with E-state index in [1.807, 2.05) is 76.2 Å². The van der Waals surface area contributed by atoms with Crippen LogP contribution in [-0.2, 0) is 16.1 Å². The lowest BCUT2D eigenvalue weighted by Gasteiger charge is -2.29. The van der Waals surface area contributed by atoms with Crippen LogP contribution < -0.4 is 10.1 Å². The number of carbonyl (C=O) groups excluding carboxylic acids is 2. The number of ether oxygens (including phenoxy) is 1. The summed E-state index contributed by atoms with van der Waals surface area (Å²) in [7, 11) is 0. The van der Waals surface area contributed by atoms with Crippen LogP contribution in [0.15, 0.2) is 48.5 Å². The first-order valence-electron chi connectivity index (χ1n) is 10.1. The zero-order chi connectivity index (χ0) is 21.4. The molecule has 0 aliphatic rings. The average molecular weight is 397 g/mol. The van der Waals surface area contributed by atoms with Crippen molar-refractivity contribution < 1.29 is 14.3 Å². The second-order valence-electron chi connectivity index (χ2n) is 7.88. The highest BCUT2D eigenvalue weighted by Gasteiger charge is 2.26. The summed E-state index contributed by atoms with van der Waals surface area (Å²) in [5, 5.41) is 2.92. The van der Waals surface area contributed by atoms with Gasteiger partial charge in [0.2, 0.25) is 5.91 Å². The molecular formula is C24H32N2O3. The van der Waals surface area contributed by atoms with E-state index in [2.05, 4.69) is 5.32 Å². The summed E-state index contributed by atoms with van der Waals surface area (Å²) in [6.07, 6.45) is 0. The Kier molecular flexibility index (Phi) is 8.25. The van der Waals surface area contributed by atoms with Crippen molar-refractivity contribution in [3.05, 3.63) is 65.2 Å². The van der Waals surface area contributed by atoms with Crippen molar-refractivity contribution in [2.45, 2.75) is 47.2 Å². The van der Waals surface area contributed by atoms with Crippen LogP contribution in [0.4, 0.5) is 0 Å². The predicted molar refractivity (Wildman–Crippen MR) is 116 cm³/mol. The van der Waals surface area contributed by atoms with Crippen LogP contribution >= 0.6 is 0 Å². The maximum absolute atomic E-state index is 13.0. The Labute approximate surface area is 174 Å². The molecule has 2 aromatic rings. The zero-order valence-corrected chi connectivity index (χ0v) is 18.1. The normalized spacial score (nSPS) is 11.8. The molecule has 2 aromatic carbocycles. The monoisotopic (exact) mass is 396 g/mol. The Bertz CT molecular complexity index is 818. The van der Waals surface area contributed by atoms with Crippen molar-refractivity contribution in [2.24, 2.45) is 5.92 Å². The van der Waals surface area contributed by atoms with Gasteiger partial charge in [0, 0.05) is 13.1 Å². The fraction of sp³-hybridized carbons (Fsp3) is 0.417. The first kappa shape index (κ1) is 22.5. The lowest BCUT2D eigenvalue weighted by molar-refractivity contribution is -0.142. The van der Waals surface area contributed by atoms with Gasteiger partial charge < -0.3 is 15.0 Å². The van der Waals surface area contributed by atoms with Gasteiger partial charge in [0.15, 0.2) is 6.61 Å². The van der Waals surface area contributed by atoms with Crippen molar-refractivity contribution >= 4 is 11.8 Å². The highest BCUT2D eigenvalue weighted by molar-refractivity contribution is 5.88. The van der Waals surface area contributed by atoms with Gasteiger partial charge in [-0.1, -0.05) is 56.3 Å². The van der Waals surface area contributed by atoms with Crippen LogP contribution in [0.5, 0.6) is 5.75 Å². The third-order valence-corrected chi connectivity index (χ3v) is 4.74. The van der Waals surface area contributed by atoms with E-state index in [1.165, 1.54) is 0 Å². The van der Waals surface area contributed by atoms with E-state index in [1.54, 1.807) is 11.8 Å². The largest absolute Gasteiger partial charge is 0.483 e. The van der Waals surface area contributed by atoms with E-state index in [4.69, 9.17) is 4.74 Å². The minimum atomic E-state index is -0.594. The Morgan fingerprint density at radius 3 is 2.38 bits per heavy atom. The van der Waals surface area contributed by atoms with Crippen LogP contribution in [0.25, 0.3) is 0 Å². The maximum Gasteiger partial charge on any atom is 0.261 e. The van der Waals surface area contributed by atoms with E-state index in [0.717, 1.165) is 16.7 Å². The zero-order valence-electron chi connectivity index (χ0n) is 18.1. The van der Waals surface area contributed by atoms with Crippen LogP contribution in [0.2, 0.25) is 0 Å². The van der Waals surface area contributed by atoms with E-state index in [-0.39, 0.29) is 18.4 Å². The molecule has 5 heteroatoms. The van der Waals surface area contributed by atoms with Gasteiger partial charge in [-0.25, -0.2) is 0 Å². The predicted octanol–water partition coefficient (Wildman–Crippen LogP) is 3.87. The molecule has 5 nitrogen and oxygen atoms in total. The smallest absolute Gasteiger partial charge is 0.261 e. The molecule has 0 fully saturated rings. The van der Waals surface area contributed by atoms with E-state index >= 15 is 0 Å². The lowest BCUT2D eigenvalue weighted by Crippen LogP contribution is -2.49. The number of carbonyl (C=O) groups is 2. The second kappa shape index (κ2) is 10.6. The molecule has 0 heterocycles. The minimum absolute atomic E-state index is 0.112. The number of nitrogens with zero attached hydrogens (tertiary/aromatic N) is 1. The van der Waals surface area contributed by atoms with E-state index < -0.39 is 6.04 Å². The molecule has 0 unspecified atom stereocenters. The maximum atomic E-state index is 13.0. The number of aryl methyl sites for hydroxylation is 2. The molecule has 156 valence electrons. The van der Waals surface area contributed by atoms with E-state index in [9.17, 15) is 9.59 Å². The number of hydrogen-bond acceptors (Lipinski definition) is 3. The van der Waals surface area contributed by atoms with Gasteiger partial charge >= 0.3 is 0 Å². The van der Waals surface area contributed by atoms with Gasteiger partial charge in [0.1, 0.15) is 11.8 Å².